The molecule has 2 rings (SSSR count). The van der Waals surface area contributed by atoms with Gasteiger partial charge in [0.15, 0.2) is 11.5 Å². The summed E-state index contributed by atoms with van der Waals surface area (Å²) < 4.78 is 12.2. The van der Waals surface area contributed by atoms with Crippen LogP contribution in [0.3, 0.4) is 0 Å². The van der Waals surface area contributed by atoms with E-state index in [0.29, 0.717) is 18.0 Å². The van der Waals surface area contributed by atoms with Gasteiger partial charge in [-0.25, -0.2) is 0 Å². The third-order valence-electron chi connectivity index (χ3n) is 3.71. The highest BCUT2D eigenvalue weighted by molar-refractivity contribution is 5.65. The van der Waals surface area contributed by atoms with E-state index in [-0.39, 0.29) is 11.1 Å². The average Bonchev–Trinajstić information content (AvgIpc) is 2.59. The predicted octanol–water partition coefficient (Wildman–Crippen LogP) is 3.20. The van der Waals surface area contributed by atoms with Gasteiger partial charge in [0, 0.05) is 12.1 Å². The molecule has 0 radical (unpaired) electrons. The van der Waals surface area contributed by atoms with Crippen molar-refractivity contribution in [2.75, 3.05) is 14.2 Å². The van der Waals surface area contributed by atoms with E-state index in [1.807, 2.05) is 18.2 Å². The molecule has 0 bridgehead atoms. The van der Waals surface area contributed by atoms with E-state index in [2.05, 4.69) is 6.92 Å². The van der Waals surface area contributed by atoms with E-state index >= 15 is 0 Å². The molecular formula is C18H20N2O3. The van der Waals surface area contributed by atoms with E-state index in [1.165, 1.54) is 0 Å². The molecule has 0 saturated heterocycles. The van der Waals surface area contributed by atoms with Crippen molar-refractivity contribution in [1.29, 1.82) is 5.26 Å². The number of nitriles is 1. The average molecular weight is 312 g/mol. The van der Waals surface area contributed by atoms with Gasteiger partial charge in [0.25, 0.3) is 5.56 Å². The first-order chi connectivity index (χ1) is 11.2. The Morgan fingerprint density at radius 1 is 1.13 bits per heavy atom. The number of methoxy groups -OCH3 is 2. The van der Waals surface area contributed by atoms with Gasteiger partial charge in [0.1, 0.15) is 11.6 Å². The number of ether oxygens (including phenoxy) is 2. The van der Waals surface area contributed by atoms with Gasteiger partial charge in [-0.15, -0.1) is 0 Å². The number of aromatic nitrogens is 1. The predicted molar refractivity (Wildman–Crippen MR) is 88.9 cm³/mol. The van der Waals surface area contributed by atoms with Crippen molar-refractivity contribution >= 4 is 0 Å². The molecule has 120 valence electrons. The van der Waals surface area contributed by atoms with Crippen molar-refractivity contribution in [2.45, 2.75) is 26.3 Å². The summed E-state index contributed by atoms with van der Waals surface area (Å²) in [6.45, 7) is 2.64. The lowest BCUT2D eigenvalue weighted by Gasteiger charge is -2.15. The molecule has 1 aromatic carbocycles. The fourth-order valence-electron chi connectivity index (χ4n) is 2.45. The monoisotopic (exact) mass is 312 g/mol. The minimum absolute atomic E-state index is 0.158. The van der Waals surface area contributed by atoms with Crippen LogP contribution in [0.25, 0.3) is 11.3 Å². The van der Waals surface area contributed by atoms with Gasteiger partial charge in [-0.05, 0) is 36.8 Å². The van der Waals surface area contributed by atoms with Crippen LogP contribution in [-0.4, -0.2) is 18.8 Å². The number of pyridine rings is 1. The lowest BCUT2D eigenvalue weighted by Crippen LogP contribution is -2.24. The van der Waals surface area contributed by atoms with Crippen molar-refractivity contribution in [2.24, 2.45) is 0 Å². The van der Waals surface area contributed by atoms with Crippen molar-refractivity contribution < 1.29 is 9.47 Å². The van der Waals surface area contributed by atoms with Gasteiger partial charge in [0.2, 0.25) is 0 Å². The highest BCUT2D eigenvalue weighted by atomic mass is 16.5. The summed E-state index contributed by atoms with van der Waals surface area (Å²) >= 11 is 0. The lowest BCUT2D eigenvalue weighted by atomic mass is 10.1. The van der Waals surface area contributed by atoms with E-state index in [0.717, 1.165) is 24.1 Å². The lowest BCUT2D eigenvalue weighted by molar-refractivity contribution is 0.355. The molecule has 0 amide bonds. The Morgan fingerprint density at radius 2 is 1.87 bits per heavy atom. The SMILES string of the molecule is CCCCn1c(-c2ccc(OC)c(OC)c2)ccc(C#N)c1=O. The van der Waals surface area contributed by atoms with E-state index in [4.69, 9.17) is 14.7 Å². The maximum Gasteiger partial charge on any atom is 0.268 e. The van der Waals surface area contributed by atoms with Crippen LogP contribution in [0, 0.1) is 11.3 Å². The normalized spacial score (nSPS) is 10.2. The molecule has 0 unspecified atom stereocenters. The summed E-state index contributed by atoms with van der Waals surface area (Å²) in [5.41, 5.74) is 1.52. The molecule has 0 aliphatic rings. The zero-order chi connectivity index (χ0) is 16.8. The largest absolute Gasteiger partial charge is 0.493 e. The molecule has 2 aromatic rings. The Kier molecular flexibility index (Phi) is 5.42. The molecule has 0 atom stereocenters. The Bertz CT molecular complexity index is 788. The van der Waals surface area contributed by atoms with Crippen LogP contribution in [0.2, 0.25) is 0 Å². The first-order valence-corrected chi connectivity index (χ1v) is 7.52. The molecule has 1 aromatic heterocycles. The first-order valence-electron chi connectivity index (χ1n) is 7.52. The molecule has 5 nitrogen and oxygen atoms in total. The van der Waals surface area contributed by atoms with E-state index in [9.17, 15) is 4.79 Å². The summed E-state index contributed by atoms with van der Waals surface area (Å²) in [6.07, 6.45) is 1.84. The topological polar surface area (TPSA) is 64.2 Å². The number of rotatable bonds is 6. The third kappa shape index (κ3) is 3.37. The zero-order valence-electron chi connectivity index (χ0n) is 13.6. The molecule has 5 heteroatoms. The summed E-state index contributed by atoms with van der Waals surface area (Å²) in [5.74, 6) is 1.23. The van der Waals surface area contributed by atoms with Gasteiger partial charge in [0.05, 0.1) is 19.9 Å². The highest BCUT2D eigenvalue weighted by Gasteiger charge is 2.12. The standard InChI is InChI=1S/C18H20N2O3/c1-4-5-10-20-15(8-6-14(12-19)18(20)21)13-7-9-16(22-2)17(11-13)23-3/h6-9,11H,4-5,10H2,1-3H3. The number of nitrogens with zero attached hydrogens (tertiary/aromatic N) is 2. The Hall–Kier alpha value is -2.74. The molecule has 0 N–H and O–H groups in total. The van der Waals surface area contributed by atoms with Gasteiger partial charge in [-0.2, -0.15) is 5.26 Å². The fraction of sp³-hybridized carbons (Fsp3) is 0.333. The van der Waals surface area contributed by atoms with Crippen molar-refractivity contribution in [3.05, 3.63) is 46.2 Å². The van der Waals surface area contributed by atoms with Gasteiger partial charge >= 0.3 is 0 Å². The molecular weight excluding hydrogens is 292 g/mol. The molecule has 1 heterocycles. The maximum absolute atomic E-state index is 12.5. The number of hydrogen-bond acceptors (Lipinski definition) is 4. The minimum atomic E-state index is -0.256. The summed E-state index contributed by atoms with van der Waals surface area (Å²) in [5, 5.41) is 9.08. The third-order valence-corrected chi connectivity index (χ3v) is 3.71. The van der Waals surface area contributed by atoms with E-state index < -0.39 is 0 Å². The molecule has 0 aliphatic heterocycles. The van der Waals surface area contributed by atoms with Crippen molar-refractivity contribution in [3.8, 4) is 28.8 Å². The zero-order valence-corrected chi connectivity index (χ0v) is 13.6. The first kappa shape index (κ1) is 16.6. The van der Waals surface area contributed by atoms with Crippen molar-refractivity contribution in [1.82, 2.24) is 4.57 Å². The minimum Gasteiger partial charge on any atom is -0.493 e. The smallest absolute Gasteiger partial charge is 0.268 e. The van der Waals surface area contributed by atoms with E-state index in [1.54, 1.807) is 37.0 Å². The second kappa shape index (κ2) is 7.50. The van der Waals surface area contributed by atoms with Crippen LogP contribution in [0.1, 0.15) is 25.3 Å². The fourth-order valence-corrected chi connectivity index (χ4v) is 2.45. The Balaban J connectivity index is 2.61. The van der Waals surface area contributed by atoms with Crippen LogP contribution in [0.4, 0.5) is 0 Å². The van der Waals surface area contributed by atoms with Crippen LogP contribution in [0.15, 0.2) is 35.1 Å². The Labute approximate surface area is 135 Å². The van der Waals surface area contributed by atoms with Crippen LogP contribution in [0.5, 0.6) is 11.5 Å². The number of hydrogen-bond donors (Lipinski definition) is 0. The maximum atomic E-state index is 12.5. The van der Waals surface area contributed by atoms with Crippen LogP contribution >= 0.6 is 0 Å². The van der Waals surface area contributed by atoms with Crippen LogP contribution in [-0.2, 0) is 6.54 Å². The molecule has 0 spiro atoms. The second-order valence-corrected chi connectivity index (χ2v) is 5.12. The van der Waals surface area contributed by atoms with Crippen LogP contribution < -0.4 is 15.0 Å². The second-order valence-electron chi connectivity index (χ2n) is 5.12. The Morgan fingerprint density at radius 3 is 2.48 bits per heavy atom. The van der Waals surface area contributed by atoms with Gasteiger partial charge in [-0.3, -0.25) is 4.79 Å². The number of unbranched alkanes of at least 4 members (excludes halogenated alkanes) is 1. The molecule has 23 heavy (non-hydrogen) atoms. The van der Waals surface area contributed by atoms with Gasteiger partial charge in [-0.1, -0.05) is 13.3 Å². The highest BCUT2D eigenvalue weighted by Crippen LogP contribution is 2.32. The molecule has 0 saturated carbocycles. The summed E-state index contributed by atoms with van der Waals surface area (Å²) in [4.78, 5) is 12.5. The summed E-state index contributed by atoms with van der Waals surface area (Å²) in [7, 11) is 3.15. The van der Waals surface area contributed by atoms with Crippen molar-refractivity contribution in [3.63, 3.8) is 0 Å². The number of benzene rings is 1. The molecule has 0 aliphatic carbocycles. The van der Waals surface area contributed by atoms with Gasteiger partial charge < -0.3 is 14.0 Å². The quantitative estimate of drug-likeness (QED) is 0.821. The molecule has 0 fully saturated rings. The summed E-state index contributed by atoms with van der Waals surface area (Å²) in [6, 6.07) is 10.8.